The molecule has 1 saturated carbocycles. The molecule has 2 nitrogen and oxygen atoms in total. The Labute approximate surface area is 102 Å². The number of hydrogen-bond acceptors (Lipinski definition) is 3. The molecule has 1 aromatic heterocycles. The highest BCUT2D eigenvalue weighted by molar-refractivity contribution is 7.99. The van der Waals surface area contributed by atoms with Crippen LogP contribution in [0.15, 0.2) is 22.8 Å². The summed E-state index contributed by atoms with van der Waals surface area (Å²) in [5.74, 6) is 2.07. The van der Waals surface area contributed by atoms with Crippen molar-refractivity contribution in [3.05, 3.63) is 24.2 Å². The minimum Gasteiger partial charge on any atom is -0.469 e. The Bertz CT molecular complexity index is 280. The van der Waals surface area contributed by atoms with E-state index in [2.05, 4.69) is 11.8 Å². The molecule has 0 amide bonds. The zero-order valence-corrected chi connectivity index (χ0v) is 10.5. The van der Waals surface area contributed by atoms with E-state index in [1.165, 1.54) is 32.1 Å². The molecule has 0 saturated heterocycles. The van der Waals surface area contributed by atoms with Crippen molar-refractivity contribution in [2.75, 3.05) is 5.75 Å². The zero-order chi connectivity index (χ0) is 11.2. The number of rotatable bonds is 5. The summed E-state index contributed by atoms with van der Waals surface area (Å²) < 4.78 is 5.31. The van der Waals surface area contributed by atoms with Crippen molar-refractivity contribution >= 4 is 11.8 Å². The Kier molecular flexibility index (Phi) is 4.79. The first-order valence-corrected chi connectivity index (χ1v) is 7.29. The third-order valence-corrected chi connectivity index (χ3v) is 4.71. The average molecular weight is 239 g/mol. The fraction of sp³-hybridized carbons (Fsp3) is 0.692. The monoisotopic (exact) mass is 239 g/mol. The molecule has 1 heterocycles. The van der Waals surface area contributed by atoms with Gasteiger partial charge in [0.05, 0.1) is 6.26 Å². The predicted octanol–water partition coefficient (Wildman–Crippen LogP) is 3.22. The average Bonchev–Trinajstić information content (AvgIpc) is 2.81. The number of hydrogen-bond donors (Lipinski definition) is 1. The summed E-state index contributed by atoms with van der Waals surface area (Å²) in [7, 11) is 0. The molecular formula is C13H21NOS. The maximum atomic E-state index is 6.10. The van der Waals surface area contributed by atoms with E-state index in [0.717, 1.165) is 23.2 Å². The first-order valence-electron chi connectivity index (χ1n) is 6.24. The van der Waals surface area contributed by atoms with Gasteiger partial charge in [-0.3, -0.25) is 0 Å². The fourth-order valence-corrected chi connectivity index (χ4v) is 3.54. The molecule has 1 aliphatic carbocycles. The Balaban J connectivity index is 1.65. The number of nitrogens with two attached hydrogens (primary N) is 1. The second-order valence-electron chi connectivity index (χ2n) is 4.64. The van der Waals surface area contributed by atoms with Gasteiger partial charge in [0.25, 0.3) is 0 Å². The van der Waals surface area contributed by atoms with E-state index < -0.39 is 0 Å². The minimum atomic E-state index is 0.234. The van der Waals surface area contributed by atoms with E-state index >= 15 is 0 Å². The molecule has 1 atom stereocenters. The molecular weight excluding hydrogens is 218 g/mol. The number of thioether (sulfide) groups is 1. The molecule has 2 rings (SSSR count). The molecule has 0 spiro atoms. The molecule has 0 aromatic carbocycles. The van der Waals surface area contributed by atoms with Crippen LogP contribution in [0.5, 0.6) is 0 Å². The maximum Gasteiger partial charge on any atom is 0.105 e. The van der Waals surface area contributed by atoms with Crippen LogP contribution in [0.4, 0.5) is 0 Å². The van der Waals surface area contributed by atoms with Crippen LogP contribution >= 0.6 is 11.8 Å². The summed E-state index contributed by atoms with van der Waals surface area (Å²) in [6.45, 7) is 0. The highest BCUT2D eigenvalue weighted by Crippen LogP contribution is 2.28. The first kappa shape index (κ1) is 12.1. The lowest BCUT2D eigenvalue weighted by Gasteiger charge is -2.22. The molecule has 2 N–H and O–H groups in total. The summed E-state index contributed by atoms with van der Waals surface area (Å²) in [5.41, 5.74) is 6.10. The summed E-state index contributed by atoms with van der Waals surface area (Å²) >= 11 is 2.06. The van der Waals surface area contributed by atoms with Gasteiger partial charge in [-0.25, -0.2) is 0 Å². The SMILES string of the molecule is NC(CSC1CCCCC1)Cc1ccco1. The van der Waals surface area contributed by atoms with Crippen molar-refractivity contribution in [1.82, 2.24) is 0 Å². The van der Waals surface area contributed by atoms with Gasteiger partial charge in [-0.05, 0) is 25.0 Å². The van der Waals surface area contributed by atoms with Crippen molar-refractivity contribution < 1.29 is 4.42 Å². The van der Waals surface area contributed by atoms with Crippen molar-refractivity contribution in [2.45, 2.75) is 49.8 Å². The largest absolute Gasteiger partial charge is 0.469 e. The molecule has 1 fully saturated rings. The molecule has 1 aliphatic rings. The third kappa shape index (κ3) is 3.87. The smallest absolute Gasteiger partial charge is 0.105 e. The third-order valence-electron chi connectivity index (χ3n) is 3.14. The Morgan fingerprint density at radius 3 is 2.88 bits per heavy atom. The quantitative estimate of drug-likeness (QED) is 0.857. The van der Waals surface area contributed by atoms with E-state index in [9.17, 15) is 0 Å². The highest BCUT2D eigenvalue weighted by atomic mass is 32.2. The molecule has 3 heteroatoms. The summed E-state index contributed by atoms with van der Waals surface area (Å²) in [6, 6.07) is 4.17. The lowest BCUT2D eigenvalue weighted by atomic mass is 10.0. The van der Waals surface area contributed by atoms with Crippen LogP contribution in [0, 0.1) is 0 Å². The Morgan fingerprint density at radius 1 is 1.38 bits per heavy atom. The van der Waals surface area contributed by atoms with Gasteiger partial charge in [-0.15, -0.1) is 0 Å². The molecule has 90 valence electrons. The van der Waals surface area contributed by atoms with Gasteiger partial charge in [0.1, 0.15) is 5.76 Å². The fourth-order valence-electron chi connectivity index (χ4n) is 2.24. The van der Waals surface area contributed by atoms with E-state index in [0.29, 0.717) is 0 Å². The lowest BCUT2D eigenvalue weighted by molar-refractivity contribution is 0.492. The summed E-state index contributed by atoms with van der Waals surface area (Å²) in [6.07, 6.45) is 9.60. The van der Waals surface area contributed by atoms with Crippen LogP contribution in [0.25, 0.3) is 0 Å². The van der Waals surface area contributed by atoms with Crippen LogP contribution in [-0.2, 0) is 6.42 Å². The van der Waals surface area contributed by atoms with Gasteiger partial charge in [-0.2, -0.15) is 11.8 Å². The van der Waals surface area contributed by atoms with E-state index in [-0.39, 0.29) is 6.04 Å². The standard InChI is InChI=1S/C13H21NOS/c14-11(9-12-5-4-8-15-12)10-16-13-6-2-1-3-7-13/h4-5,8,11,13H,1-3,6-7,9-10,14H2. The van der Waals surface area contributed by atoms with E-state index in [1.807, 2.05) is 12.1 Å². The second-order valence-corrected chi connectivity index (χ2v) is 5.97. The topological polar surface area (TPSA) is 39.2 Å². The van der Waals surface area contributed by atoms with Crippen LogP contribution in [0.1, 0.15) is 37.9 Å². The van der Waals surface area contributed by atoms with Crippen molar-refractivity contribution in [3.8, 4) is 0 Å². The van der Waals surface area contributed by atoms with Gasteiger partial charge in [0.2, 0.25) is 0 Å². The zero-order valence-electron chi connectivity index (χ0n) is 9.73. The van der Waals surface area contributed by atoms with Gasteiger partial charge in [0, 0.05) is 23.5 Å². The van der Waals surface area contributed by atoms with Gasteiger partial charge in [-0.1, -0.05) is 19.3 Å². The van der Waals surface area contributed by atoms with Crippen LogP contribution in [0.3, 0.4) is 0 Å². The van der Waals surface area contributed by atoms with E-state index in [4.69, 9.17) is 10.2 Å². The minimum absolute atomic E-state index is 0.234. The second kappa shape index (κ2) is 6.36. The van der Waals surface area contributed by atoms with Gasteiger partial charge >= 0.3 is 0 Å². The number of furan rings is 1. The lowest BCUT2D eigenvalue weighted by Crippen LogP contribution is -2.27. The van der Waals surface area contributed by atoms with Crippen molar-refractivity contribution in [1.29, 1.82) is 0 Å². The molecule has 1 unspecified atom stereocenters. The van der Waals surface area contributed by atoms with Gasteiger partial charge < -0.3 is 10.2 Å². The van der Waals surface area contributed by atoms with Crippen LogP contribution in [0.2, 0.25) is 0 Å². The van der Waals surface area contributed by atoms with Gasteiger partial charge in [0.15, 0.2) is 0 Å². The molecule has 0 radical (unpaired) electrons. The molecule has 0 aliphatic heterocycles. The molecule has 0 bridgehead atoms. The summed E-state index contributed by atoms with van der Waals surface area (Å²) in [4.78, 5) is 0. The van der Waals surface area contributed by atoms with Crippen LogP contribution < -0.4 is 5.73 Å². The maximum absolute atomic E-state index is 6.10. The Morgan fingerprint density at radius 2 is 2.19 bits per heavy atom. The van der Waals surface area contributed by atoms with Crippen LogP contribution in [-0.4, -0.2) is 17.0 Å². The first-order chi connectivity index (χ1) is 7.84. The highest BCUT2D eigenvalue weighted by Gasteiger charge is 2.15. The predicted molar refractivity (Wildman–Crippen MR) is 69.7 cm³/mol. The molecule has 1 aromatic rings. The van der Waals surface area contributed by atoms with E-state index in [1.54, 1.807) is 6.26 Å². The van der Waals surface area contributed by atoms with Crippen molar-refractivity contribution in [3.63, 3.8) is 0 Å². The molecule has 16 heavy (non-hydrogen) atoms. The summed E-state index contributed by atoms with van der Waals surface area (Å²) in [5, 5.41) is 0.858. The normalized spacial score (nSPS) is 19.8. The Hall–Kier alpha value is -0.410. The van der Waals surface area contributed by atoms with Crippen molar-refractivity contribution in [2.24, 2.45) is 5.73 Å².